The van der Waals surface area contributed by atoms with Gasteiger partial charge in [-0.1, -0.05) is 18.2 Å². The molecule has 0 bridgehead atoms. The first-order valence-electron chi connectivity index (χ1n) is 6.30. The first-order chi connectivity index (χ1) is 9.58. The zero-order chi connectivity index (χ0) is 14.5. The van der Waals surface area contributed by atoms with Gasteiger partial charge in [-0.2, -0.15) is 0 Å². The number of hydrogen-bond acceptors (Lipinski definition) is 3. The van der Waals surface area contributed by atoms with Crippen LogP contribution in [0.2, 0.25) is 0 Å². The second-order valence-corrected chi connectivity index (χ2v) is 4.52. The third-order valence-electron chi connectivity index (χ3n) is 3.07. The minimum atomic E-state index is -1.56. The molecule has 1 heterocycles. The van der Waals surface area contributed by atoms with Crippen LogP contribution in [0.15, 0.2) is 30.5 Å². The predicted octanol–water partition coefficient (Wildman–Crippen LogP) is 0.662. The standard InChI is InChI=1S/C14H16N2O4/c17-12(14(19)20)8-16-13(18)6-5-9-7-15-11-4-2-1-3-10(9)11/h1-4,7,12,15,17H,5-6,8H2,(H,16,18)(H,19,20)/t12-/m0/s1. The summed E-state index contributed by atoms with van der Waals surface area (Å²) in [6.07, 6.45) is 1.10. The van der Waals surface area contributed by atoms with Crippen LogP contribution in [0.4, 0.5) is 0 Å². The van der Waals surface area contributed by atoms with E-state index >= 15 is 0 Å². The Kier molecular flexibility index (Phi) is 4.37. The van der Waals surface area contributed by atoms with Gasteiger partial charge in [0.1, 0.15) is 0 Å². The average Bonchev–Trinajstić information content (AvgIpc) is 2.85. The molecule has 0 saturated heterocycles. The molecule has 2 aromatic rings. The van der Waals surface area contributed by atoms with Gasteiger partial charge in [0.05, 0.1) is 6.54 Å². The van der Waals surface area contributed by atoms with E-state index in [1.54, 1.807) is 0 Å². The van der Waals surface area contributed by atoms with Gasteiger partial charge >= 0.3 is 5.97 Å². The molecule has 1 amide bonds. The molecule has 6 heteroatoms. The average molecular weight is 276 g/mol. The number of hydrogen-bond donors (Lipinski definition) is 4. The van der Waals surface area contributed by atoms with Gasteiger partial charge in [-0.05, 0) is 18.1 Å². The molecular weight excluding hydrogens is 260 g/mol. The van der Waals surface area contributed by atoms with Crippen LogP contribution in [0, 0.1) is 0 Å². The minimum absolute atomic E-state index is 0.244. The van der Waals surface area contributed by atoms with Gasteiger partial charge in [-0.15, -0.1) is 0 Å². The molecule has 0 fully saturated rings. The number of carbonyl (C=O) groups excluding carboxylic acids is 1. The van der Waals surface area contributed by atoms with E-state index in [0.29, 0.717) is 6.42 Å². The number of aliphatic hydroxyl groups excluding tert-OH is 1. The van der Waals surface area contributed by atoms with E-state index in [2.05, 4.69) is 10.3 Å². The lowest BCUT2D eigenvalue weighted by atomic mass is 10.1. The Morgan fingerprint density at radius 2 is 2.05 bits per heavy atom. The molecule has 0 unspecified atom stereocenters. The predicted molar refractivity (Wildman–Crippen MR) is 73.3 cm³/mol. The number of aliphatic hydroxyl groups is 1. The highest BCUT2D eigenvalue weighted by Crippen LogP contribution is 2.18. The number of aryl methyl sites for hydroxylation is 1. The highest BCUT2D eigenvalue weighted by Gasteiger charge is 2.14. The number of aliphatic carboxylic acids is 1. The van der Waals surface area contributed by atoms with Gasteiger partial charge in [0, 0.05) is 23.5 Å². The molecule has 1 aromatic heterocycles. The van der Waals surface area contributed by atoms with Crippen molar-refractivity contribution in [2.45, 2.75) is 18.9 Å². The van der Waals surface area contributed by atoms with Gasteiger partial charge in [-0.3, -0.25) is 4.79 Å². The van der Waals surface area contributed by atoms with Crippen molar-refractivity contribution in [2.24, 2.45) is 0 Å². The highest BCUT2D eigenvalue weighted by atomic mass is 16.4. The van der Waals surface area contributed by atoms with Gasteiger partial charge in [0.15, 0.2) is 6.10 Å². The van der Waals surface area contributed by atoms with E-state index < -0.39 is 12.1 Å². The maximum Gasteiger partial charge on any atom is 0.334 e. The van der Waals surface area contributed by atoms with Crippen molar-refractivity contribution < 1.29 is 19.8 Å². The van der Waals surface area contributed by atoms with Crippen molar-refractivity contribution in [3.63, 3.8) is 0 Å². The van der Waals surface area contributed by atoms with Crippen LogP contribution in [0.1, 0.15) is 12.0 Å². The lowest BCUT2D eigenvalue weighted by molar-refractivity contribution is -0.146. The maximum atomic E-state index is 11.6. The lowest BCUT2D eigenvalue weighted by Crippen LogP contribution is -2.36. The fraction of sp³-hybridized carbons (Fsp3) is 0.286. The smallest absolute Gasteiger partial charge is 0.334 e. The molecule has 0 aliphatic rings. The van der Waals surface area contributed by atoms with Crippen LogP contribution in [-0.4, -0.2) is 39.7 Å². The number of fused-ring (bicyclic) bond motifs is 1. The van der Waals surface area contributed by atoms with E-state index in [4.69, 9.17) is 10.2 Å². The summed E-state index contributed by atoms with van der Waals surface area (Å²) in [6.45, 7) is -0.276. The van der Waals surface area contributed by atoms with E-state index in [1.807, 2.05) is 30.5 Å². The summed E-state index contributed by atoms with van der Waals surface area (Å²) in [5.41, 5.74) is 2.05. The monoisotopic (exact) mass is 276 g/mol. The zero-order valence-corrected chi connectivity index (χ0v) is 10.8. The Morgan fingerprint density at radius 1 is 1.30 bits per heavy atom. The molecule has 4 N–H and O–H groups in total. The van der Waals surface area contributed by atoms with Crippen LogP contribution in [-0.2, 0) is 16.0 Å². The third-order valence-corrected chi connectivity index (χ3v) is 3.07. The van der Waals surface area contributed by atoms with Crippen molar-refractivity contribution in [1.82, 2.24) is 10.3 Å². The summed E-state index contributed by atoms with van der Waals surface area (Å²) in [7, 11) is 0. The largest absolute Gasteiger partial charge is 0.479 e. The number of amides is 1. The number of rotatable bonds is 6. The van der Waals surface area contributed by atoms with Gasteiger partial charge < -0.3 is 20.5 Å². The molecular formula is C14H16N2O4. The molecule has 0 aliphatic carbocycles. The second-order valence-electron chi connectivity index (χ2n) is 4.52. The van der Waals surface area contributed by atoms with Crippen molar-refractivity contribution in [2.75, 3.05) is 6.54 Å². The quantitative estimate of drug-likeness (QED) is 0.622. The molecule has 20 heavy (non-hydrogen) atoms. The second kappa shape index (κ2) is 6.21. The molecule has 0 saturated carbocycles. The molecule has 2 rings (SSSR count). The maximum absolute atomic E-state index is 11.6. The molecule has 0 aliphatic heterocycles. The number of carboxylic acid groups (broad SMARTS) is 1. The molecule has 6 nitrogen and oxygen atoms in total. The summed E-state index contributed by atoms with van der Waals surface area (Å²) in [6, 6.07) is 7.81. The van der Waals surface area contributed by atoms with Crippen molar-refractivity contribution in [3.05, 3.63) is 36.0 Å². The van der Waals surface area contributed by atoms with Crippen LogP contribution in [0.3, 0.4) is 0 Å². The van der Waals surface area contributed by atoms with E-state index in [-0.39, 0.29) is 18.9 Å². The van der Waals surface area contributed by atoms with Crippen molar-refractivity contribution in [3.8, 4) is 0 Å². The normalized spacial score (nSPS) is 12.2. The Hall–Kier alpha value is -2.34. The highest BCUT2D eigenvalue weighted by molar-refractivity contribution is 5.84. The molecule has 106 valence electrons. The molecule has 0 spiro atoms. The minimum Gasteiger partial charge on any atom is -0.479 e. The van der Waals surface area contributed by atoms with Crippen LogP contribution >= 0.6 is 0 Å². The Morgan fingerprint density at radius 3 is 2.80 bits per heavy atom. The number of nitrogens with one attached hydrogen (secondary N) is 2. The molecule has 1 atom stereocenters. The van der Waals surface area contributed by atoms with Crippen molar-refractivity contribution in [1.29, 1.82) is 0 Å². The Labute approximate surface area is 115 Å². The fourth-order valence-electron chi connectivity index (χ4n) is 1.97. The number of benzene rings is 1. The summed E-state index contributed by atoms with van der Waals surface area (Å²) >= 11 is 0. The Balaban J connectivity index is 1.86. The number of aromatic nitrogens is 1. The van der Waals surface area contributed by atoms with Gasteiger partial charge in [-0.25, -0.2) is 4.79 Å². The number of H-pyrrole nitrogens is 1. The summed E-state index contributed by atoms with van der Waals surface area (Å²) in [5.74, 6) is -1.63. The van der Waals surface area contributed by atoms with Crippen LogP contribution < -0.4 is 5.32 Å². The number of aromatic amines is 1. The zero-order valence-electron chi connectivity index (χ0n) is 10.8. The summed E-state index contributed by atoms with van der Waals surface area (Å²) < 4.78 is 0. The van der Waals surface area contributed by atoms with Crippen molar-refractivity contribution >= 4 is 22.8 Å². The first-order valence-corrected chi connectivity index (χ1v) is 6.30. The van der Waals surface area contributed by atoms with E-state index in [9.17, 15) is 9.59 Å². The Bertz CT molecular complexity index is 620. The lowest BCUT2D eigenvalue weighted by Gasteiger charge is -2.07. The molecule has 0 radical (unpaired) electrons. The van der Waals surface area contributed by atoms with E-state index in [0.717, 1.165) is 16.5 Å². The SMILES string of the molecule is O=C(CCc1c[nH]c2ccccc12)NC[C@H](O)C(=O)O. The third kappa shape index (κ3) is 3.36. The van der Waals surface area contributed by atoms with Crippen LogP contribution in [0.25, 0.3) is 10.9 Å². The van der Waals surface area contributed by atoms with Gasteiger partial charge in [0.2, 0.25) is 5.91 Å². The summed E-state index contributed by atoms with van der Waals surface area (Å²) in [4.78, 5) is 25.1. The van der Waals surface area contributed by atoms with Gasteiger partial charge in [0.25, 0.3) is 0 Å². The molecule has 1 aromatic carbocycles. The number of para-hydroxylation sites is 1. The fourth-order valence-corrected chi connectivity index (χ4v) is 1.97. The van der Waals surface area contributed by atoms with E-state index in [1.165, 1.54) is 0 Å². The summed E-state index contributed by atoms with van der Waals surface area (Å²) in [5, 5.41) is 21.0. The van der Waals surface area contributed by atoms with Crippen LogP contribution in [0.5, 0.6) is 0 Å². The topological polar surface area (TPSA) is 102 Å². The number of carboxylic acids is 1. The first kappa shape index (κ1) is 14.1. The number of carbonyl (C=O) groups is 2.